The fourth-order valence-corrected chi connectivity index (χ4v) is 1.45. The van der Waals surface area contributed by atoms with Crippen LogP contribution >= 0.6 is 0 Å². The molecule has 0 spiro atoms. The van der Waals surface area contributed by atoms with Crippen molar-refractivity contribution in [1.29, 1.82) is 0 Å². The number of aromatic amines is 1. The van der Waals surface area contributed by atoms with Gasteiger partial charge in [-0.05, 0) is 30.8 Å². The fourth-order valence-electron chi connectivity index (χ4n) is 1.45. The van der Waals surface area contributed by atoms with Crippen molar-refractivity contribution in [2.24, 2.45) is 5.73 Å². The highest BCUT2D eigenvalue weighted by Gasteiger charge is 2.07. The molecule has 2 rings (SSSR count). The van der Waals surface area contributed by atoms with Crippen molar-refractivity contribution in [2.45, 2.75) is 6.42 Å². The van der Waals surface area contributed by atoms with Gasteiger partial charge in [-0.1, -0.05) is 0 Å². The SMILES string of the molecule is NCCc1cc(-c2ccc(F)c(F)c2)n[nH]1. The Morgan fingerprint density at radius 1 is 1.19 bits per heavy atom. The van der Waals surface area contributed by atoms with Gasteiger partial charge in [0.15, 0.2) is 11.6 Å². The number of nitrogens with one attached hydrogen (secondary N) is 1. The monoisotopic (exact) mass is 223 g/mol. The second-order valence-corrected chi connectivity index (χ2v) is 3.45. The topological polar surface area (TPSA) is 54.7 Å². The van der Waals surface area contributed by atoms with Gasteiger partial charge in [0.25, 0.3) is 0 Å². The number of rotatable bonds is 3. The molecule has 0 fully saturated rings. The summed E-state index contributed by atoms with van der Waals surface area (Å²) in [6.07, 6.45) is 0.677. The normalized spacial score (nSPS) is 10.7. The second kappa shape index (κ2) is 4.40. The molecule has 3 nitrogen and oxygen atoms in total. The van der Waals surface area contributed by atoms with Crippen LogP contribution in [0.2, 0.25) is 0 Å². The molecular weight excluding hydrogens is 212 g/mol. The molecule has 0 saturated carbocycles. The highest BCUT2D eigenvalue weighted by Crippen LogP contribution is 2.20. The highest BCUT2D eigenvalue weighted by molar-refractivity contribution is 5.59. The van der Waals surface area contributed by atoms with Crippen LogP contribution in [0.15, 0.2) is 24.3 Å². The van der Waals surface area contributed by atoms with Crippen LogP contribution in [0.4, 0.5) is 8.78 Å². The standard InChI is InChI=1S/C11H11F2N3/c12-9-2-1-7(5-10(9)13)11-6-8(3-4-14)15-16-11/h1-2,5-6H,3-4,14H2,(H,15,16). The van der Waals surface area contributed by atoms with Crippen LogP contribution < -0.4 is 5.73 Å². The quantitative estimate of drug-likeness (QED) is 0.834. The summed E-state index contributed by atoms with van der Waals surface area (Å²) in [5, 5.41) is 6.80. The molecule has 2 aromatic rings. The van der Waals surface area contributed by atoms with Crippen LogP contribution in [-0.2, 0) is 6.42 Å². The van der Waals surface area contributed by atoms with Gasteiger partial charge in [0.1, 0.15) is 0 Å². The van der Waals surface area contributed by atoms with E-state index in [0.29, 0.717) is 24.2 Å². The Hall–Kier alpha value is -1.75. The molecule has 0 aliphatic heterocycles. The van der Waals surface area contributed by atoms with E-state index in [0.717, 1.165) is 17.8 Å². The maximum Gasteiger partial charge on any atom is 0.159 e. The minimum Gasteiger partial charge on any atom is -0.330 e. The van der Waals surface area contributed by atoms with Gasteiger partial charge < -0.3 is 5.73 Å². The van der Waals surface area contributed by atoms with Gasteiger partial charge in [0, 0.05) is 17.7 Å². The number of halogens is 2. The van der Waals surface area contributed by atoms with E-state index in [9.17, 15) is 8.78 Å². The molecule has 0 radical (unpaired) electrons. The minimum atomic E-state index is -0.874. The Morgan fingerprint density at radius 2 is 2.00 bits per heavy atom. The summed E-state index contributed by atoms with van der Waals surface area (Å²) >= 11 is 0. The van der Waals surface area contributed by atoms with Crippen molar-refractivity contribution in [3.05, 3.63) is 41.6 Å². The average Bonchev–Trinajstić information content (AvgIpc) is 2.71. The Kier molecular flexibility index (Phi) is 2.96. The predicted octanol–water partition coefficient (Wildman–Crippen LogP) is 1.86. The van der Waals surface area contributed by atoms with Gasteiger partial charge >= 0.3 is 0 Å². The number of nitrogens with two attached hydrogens (primary N) is 1. The molecule has 0 bridgehead atoms. The van der Waals surface area contributed by atoms with E-state index in [4.69, 9.17) is 5.73 Å². The van der Waals surface area contributed by atoms with Gasteiger partial charge in [-0.2, -0.15) is 5.10 Å². The molecule has 0 amide bonds. The Morgan fingerprint density at radius 3 is 2.69 bits per heavy atom. The lowest BCUT2D eigenvalue weighted by atomic mass is 10.1. The molecule has 5 heteroatoms. The van der Waals surface area contributed by atoms with Crippen LogP contribution in [0.1, 0.15) is 5.69 Å². The number of hydrogen-bond donors (Lipinski definition) is 2. The summed E-state index contributed by atoms with van der Waals surface area (Å²) in [6, 6.07) is 5.47. The van der Waals surface area contributed by atoms with E-state index in [2.05, 4.69) is 10.2 Å². The molecule has 16 heavy (non-hydrogen) atoms. The number of H-pyrrole nitrogens is 1. The smallest absolute Gasteiger partial charge is 0.159 e. The van der Waals surface area contributed by atoms with Crippen molar-refractivity contribution in [2.75, 3.05) is 6.54 Å². The van der Waals surface area contributed by atoms with E-state index in [1.54, 1.807) is 6.07 Å². The van der Waals surface area contributed by atoms with Crippen LogP contribution in [0, 0.1) is 11.6 Å². The molecule has 0 saturated heterocycles. The summed E-state index contributed by atoms with van der Waals surface area (Å²) in [4.78, 5) is 0. The molecule has 0 atom stereocenters. The fraction of sp³-hybridized carbons (Fsp3) is 0.182. The zero-order chi connectivity index (χ0) is 11.5. The Labute approximate surface area is 91.3 Å². The van der Waals surface area contributed by atoms with Crippen LogP contribution in [0.25, 0.3) is 11.3 Å². The third kappa shape index (κ3) is 2.09. The summed E-state index contributed by atoms with van der Waals surface area (Å²) in [6.45, 7) is 0.513. The molecule has 84 valence electrons. The van der Waals surface area contributed by atoms with E-state index in [-0.39, 0.29) is 0 Å². The highest BCUT2D eigenvalue weighted by atomic mass is 19.2. The van der Waals surface area contributed by atoms with Crippen LogP contribution in [0.3, 0.4) is 0 Å². The minimum absolute atomic E-state index is 0.513. The van der Waals surface area contributed by atoms with Crippen molar-refractivity contribution >= 4 is 0 Å². The summed E-state index contributed by atoms with van der Waals surface area (Å²) in [7, 11) is 0. The van der Waals surface area contributed by atoms with E-state index in [1.807, 2.05) is 0 Å². The van der Waals surface area contributed by atoms with E-state index < -0.39 is 11.6 Å². The first-order valence-corrected chi connectivity index (χ1v) is 4.90. The number of hydrogen-bond acceptors (Lipinski definition) is 2. The molecule has 0 unspecified atom stereocenters. The summed E-state index contributed by atoms with van der Waals surface area (Å²) in [5.41, 5.74) is 7.40. The molecule has 0 aliphatic carbocycles. The molecule has 0 aliphatic rings. The molecule has 3 N–H and O–H groups in total. The maximum atomic E-state index is 13.0. The molecule has 1 heterocycles. The van der Waals surface area contributed by atoms with Crippen molar-refractivity contribution < 1.29 is 8.78 Å². The van der Waals surface area contributed by atoms with Crippen LogP contribution in [-0.4, -0.2) is 16.7 Å². The zero-order valence-corrected chi connectivity index (χ0v) is 8.50. The largest absolute Gasteiger partial charge is 0.330 e. The van der Waals surface area contributed by atoms with Crippen LogP contribution in [0.5, 0.6) is 0 Å². The molecule has 1 aromatic carbocycles. The van der Waals surface area contributed by atoms with Gasteiger partial charge in [-0.25, -0.2) is 8.78 Å². The zero-order valence-electron chi connectivity index (χ0n) is 8.50. The number of nitrogens with zero attached hydrogens (tertiary/aromatic N) is 1. The molecule has 1 aromatic heterocycles. The van der Waals surface area contributed by atoms with Crippen molar-refractivity contribution in [3.63, 3.8) is 0 Å². The Balaban J connectivity index is 2.31. The lowest BCUT2D eigenvalue weighted by Crippen LogP contribution is -2.02. The first kappa shape index (κ1) is 10.8. The third-order valence-corrected chi connectivity index (χ3v) is 2.26. The number of benzene rings is 1. The first-order valence-electron chi connectivity index (χ1n) is 4.90. The van der Waals surface area contributed by atoms with E-state index in [1.165, 1.54) is 6.07 Å². The second-order valence-electron chi connectivity index (χ2n) is 3.45. The van der Waals surface area contributed by atoms with Crippen molar-refractivity contribution in [1.82, 2.24) is 10.2 Å². The summed E-state index contributed by atoms with van der Waals surface area (Å²) in [5.74, 6) is -1.73. The van der Waals surface area contributed by atoms with Gasteiger partial charge in [0.05, 0.1) is 5.69 Å². The first-order chi connectivity index (χ1) is 7.70. The van der Waals surface area contributed by atoms with Gasteiger partial charge in [-0.3, -0.25) is 5.10 Å². The third-order valence-electron chi connectivity index (χ3n) is 2.26. The van der Waals surface area contributed by atoms with Gasteiger partial charge in [-0.15, -0.1) is 0 Å². The predicted molar refractivity (Wildman–Crippen MR) is 56.7 cm³/mol. The summed E-state index contributed by atoms with van der Waals surface area (Å²) < 4.78 is 25.7. The van der Waals surface area contributed by atoms with E-state index >= 15 is 0 Å². The average molecular weight is 223 g/mol. The molecular formula is C11H11F2N3. The van der Waals surface area contributed by atoms with Gasteiger partial charge in [0.2, 0.25) is 0 Å². The lowest BCUT2D eigenvalue weighted by Gasteiger charge is -1.97. The maximum absolute atomic E-state index is 13.0. The van der Waals surface area contributed by atoms with Crippen molar-refractivity contribution in [3.8, 4) is 11.3 Å². The Bertz CT molecular complexity index is 494. The number of aromatic nitrogens is 2. The lowest BCUT2D eigenvalue weighted by molar-refractivity contribution is 0.509.